The lowest BCUT2D eigenvalue weighted by Crippen LogP contribution is -2.40. The topological polar surface area (TPSA) is 42.2 Å². The van der Waals surface area contributed by atoms with E-state index in [2.05, 4.69) is 12.2 Å². The van der Waals surface area contributed by atoms with Gasteiger partial charge in [0, 0.05) is 16.5 Å². The van der Waals surface area contributed by atoms with Crippen molar-refractivity contribution in [2.24, 2.45) is 5.92 Å². The van der Waals surface area contributed by atoms with Crippen molar-refractivity contribution in [2.75, 3.05) is 0 Å². The molecule has 0 saturated heterocycles. The third kappa shape index (κ3) is 2.68. The molecule has 0 aliphatic heterocycles. The van der Waals surface area contributed by atoms with Gasteiger partial charge < -0.3 is 9.73 Å². The van der Waals surface area contributed by atoms with Crippen LogP contribution in [0.5, 0.6) is 0 Å². The Bertz CT molecular complexity index is 634. The van der Waals surface area contributed by atoms with E-state index in [1.165, 1.54) is 19.3 Å². The Morgan fingerprint density at radius 2 is 2.10 bits per heavy atom. The fourth-order valence-corrected chi connectivity index (χ4v) is 3.08. The van der Waals surface area contributed by atoms with Crippen molar-refractivity contribution in [1.82, 2.24) is 5.32 Å². The van der Waals surface area contributed by atoms with E-state index in [0.717, 1.165) is 11.8 Å². The fraction of sp³-hybridized carbons (Fsp3) is 0.438. The van der Waals surface area contributed by atoms with Gasteiger partial charge in [0.2, 0.25) is 0 Å². The zero-order chi connectivity index (χ0) is 14.1. The van der Waals surface area contributed by atoms with Gasteiger partial charge in [-0.1, -0.05) is 31.4 Å². The first-order valence-corrected chi connectivity index (χ1v) is 7.51. The molecule has 1 aromatic heterocycles. The Kier molecular flexibility index (Phi) is 3.70. The Balaban J connectivity index is 1.78. The summed E-state index contributed by atoms with van der Waals surface area (Å²) in [6.45, 7) is 2.20. The highest BCUT2D eigenvalue weighted by Crippen LogP contribution is 2.26. The molecule has 1 N–H and O–H groups in total. The van der Waals surface area contributed by atoms with Gasteiger partial charge in [-0.3, -0.25) is 4.79 Å². The maximum atomic E-state index is 12.3. The van der Waals surface area contributed by atoms with Crippen LogP contribution in [-0.4, -0.2) is 11.9 Å². The van der Waals surface area contributed by atoms with E-state index in [4.69, 9.17) is 16.0 Å². The number of benzene rings is 1. The molecular weight excluding hydrogens is 274 g/mol. The molecule has 1 fully saturated rings. The molecular formula is C16H18ClNO2. The Labute approximate surface area is 123 Å². The van der Waals surface area contributed by atoms with Crippen LogP contribution in [-0.2, 0) is 0 Å². The predicted molar refractivity (Wildman–Crippen MR) is 80.1 cm³/mol. The lowest BCUT2D eigenvalue weighted by molar-refractivity contribution is 0.0884. The molecule has 1 aromatic carbocycles. The second-order valence-corrected chi connectivity index (χ2v) is 6.07. The SMILES string of the molecule is CC1CCCCC1NC(=O)c1cc2cc(Cl)ccc2o1. The molecule has 2 atom stereocenters. The summed E-state index contributed by atoms with van der Waals surface area (Å²) in [7, 11) is 0. The quantitative estimate of drug-likeness (QED) is 0.891. The summed E-state index contributed by atoms with van der Waals surface area (Å²) < 4.78 is 5.59. The van der Waals surface area contributed by atoms with Crippen LogP contribution in [0.4, 0.5) is 0 Å². The van der Waals surface area contributed by atoms with Crippen LogP contribution < -0.4 is 5.32 Å². The molecule has 1 heterocycles. The van der Waals surface area contributed by atoms with Gasteiger partial charge in [-0.15, -0.1) is 0 Å². The van der Waals surface area contributed by atoms with Crippen molar-refractivity contribution >= 4 is 28.5 Å². The highest BCUT2D eigenvalue weighted by atomic mass is 35.5. The molecule has 1 saturated carbocycles. The lowest BCUT2D eigenvalue weighted by atomic mass is 9.86. The van der Waals surface area contributed by atoms with E-state index in [9.17, 15) is 4.79 Å². The fourth-order valence-electron chi connectivity index (χ4n) is 2.90. The highest BCUT2D eigenvalue weighted by molar-refractivity contribution is 6.31. The number of carbonyl (C=O) groups is 1. The van der Waals surface area contributed by atoms with E-state index >= 15 is 0 Å². The number of furan rings is 1. The molecule has 1 aliphatic carbocycles. The molecule has 1 amide bonds. The van der Waals surface area contributed by atoms with Gasteiger partial charge >= 0.3 is 0 Å². The van der Waals surface area contributed by atoms with Gasteiger partial charge in [-0.25, -0.2) is 0 Å². The van der Waals surface area contributed by atoms with E-state index in [1.807, 2.05) is 0 Å². The second-order valence-electron chi connectivity index (χ2n) is 5.63. The third-order valence-electron chi connectivity index (χ3n) is 4.13. The van der Waals surface area contributed by atoms with Crippen LogP contribution in [0.15, 0.2) is 28.7 Å². The first-order chi connectivity index (χ1) is 9.63. The maximum absolute atomic E-state index is 12.3. The minimum atomic E-state index is -0.129. The van der Waals surface area contributed by atoms with Crippen molar-refractivity contribution < 1.29 is 9.21 Å². The van der Waals surface area contributed by atoms with Gasteiger partial charge in [0.25, 0.3) is 5.91 Å². The van der Waals surface area contributed by atoms with Crippen molar-refractivity contribution in [2.45, 2.75) is 38.6 Å². The van der Waals surface area contributed by atoms with E-state index in [1.54, 1.807) is 24.3 Å². The molecule has 1 aliphatic rings. The highest BCUT2D eigenvalue weighted by Gasteiger charge is 2.24. The van der Waals surface area contributed by atoms with Crippen LogP contribution >= 0.6 is 11.6 Å². The van der Waals surface area contributed by atoms with Gasteiger partial charge in [0.15, 0.2) is 5.76 Å². The molecule has 0 radical (unpaired) electrons. The van der Waals surface area contributed by atoms with Crippen LogP contribution in [0, 0.1) is 5.92 Å². The number of hydrogen-bond donors (Lipinski definition) is 1. The number of hydrogen-bond acceptors (Lipinski definition) is 2. The smallest absolute Gasteiger partial charge is 0.287 e. The van der Waals surface area contributed by atoms with Gasteiger partial charge in [0.05, 0.1) is 0 Å². The Hall–Kier alpha value is -1.48. The summed E-state index contributed by atoms with van der Waals surface area (Å²) in [6.07, 6.45) is 4.68. The Morgan fingerprint density at radius 3 is 2.90 bits per heavy atom. The molecule has 20 heavy (non-hydrogen) atoms. The van der Waals surface area contributed by atoms with Gasteiger partial charge in [0.1, 0.15) is 5.58 Å². The zero-order valence-corrected chi connectivity index (χ0v) is 12.2. The summed E-state index contributed by atoms with van der Waals surface area (Å²) in [5.74, 6) is 0.766. The molecule has 0 spiro atoms. The van der Waals surface area contributed by atoms with Crippen molar-refractivity contribution in [1.29, 1.82) is 0 Å². The lowest BCUT2D eigenvalue weighted by Gasteiger charge is -2.29. The van der Waals surface area contributed by atoms with Crippen LogP contribution in [0.3, 0.4) is 0 Å². The minimum absolute atomic E-state index is 0.129. The number of carbonyl (C=O) groups excluding carboxylic acids is 1. The van der Waals surface area contributed by atoms with E-state index < -0.39 is 0 Å². The van der Waals surface area contributed by atoms with Crippen LogP contribution in [0.2, 0.25) is 5.02 Å². The minimum Gasteiger partial charge on any atom is -0.451 e. The third-order valence-corrected chi connectivity index (χ3v) is 4.37. The monoisotopic (exact) mass is 291 g/mol. The van der Waals surface area contributed by atoms with E-state index in [-0.39, 0.29) is 11.9 Å². The van der Waals surface area contributed by atoms with Gasteiger partial charge in [-0.05, 0) is 43.0 Å². The zero-order valence-electron chi connectivity index (χ0n) is 11.5. The molecule has 2 unspecified atom stereocenters. The summed E-state index contributed by atoms with van der Waals surface area (Å²) in [6, 6.07) is 7.37. The molecule has 3 rings (SSSR count). The summed E-state index contributed by atoms with van der Waals surface area (Å²) in [5, 5.41) is 4.60. The summed E-state index contributed by atoms with van der Waals surface area (Å²) in [5.41, 5.74) is 0.691. The molecule has 2 aromatic rings. The standard InChI is InChI=1S/C16H18ClNO2/c1-10-4-2-3-5-13(10)18-16(19)15-9-11-8-12(17)6-7-14(11)20-15/h6-10,13H,2-5H2,1H3,(H,18,19). The molecule has 3 nitrogen and oxygen atoms in total. The number of rotatable bonds is 2. The number of halogens is 1. The van der Waals surface area contributed by atoms with Gasteiger partial charge in [-0.2, -0.15) is 0 Å². The largest absolute Gasteiger partial charge is 0.451 e. The predicted octanol–water partition coefficient (Wildman–Crippen LogP) is 4.39. The normalized spacial score (nSPS) is 22.9. The average Bonchev–Trinajstić information content (AvgIpc) is 2.84. The average molecular weight is 292 g/mol. The first-order valence-electron chi connectivity index (χ1n) is 7.13. The number of amides is 1. The van der Waals surface area contributed by atoms with Crippen molar-refractivity contribution in [3.05, 3.63) is 35.0 Å². The molecule has 0 bridgehead atoms. The number of nitrogens with one attached hydrogen (secondary N) is 1. The van der Waals surface area contributed by atoms with Crippen LogP contribution in [0.1, 0.15) is 43.2 Å². The Morgan fingerprint density at radius 1 is 1.30 bits per heavy atom. The maximum Gasteiger partial charge on any atom is 0.287 e. The van der Waals surface area contributed by atoms with Crippen LogP contribution in [0.25, 0.3) is 11.0 Å². The second kappa shape index (κ2) is 5.49. The summed E-state index contributed by atoms with van der Waals surface area (Å²) >= 11 is 5.94. The number of fused-ring (bicyclic) bond motifs is 1. The van der Waals surface area contributed by atoms with Crippen molar-refractivity contribution in [3.8, 4) is 0 Å². The summed E-state index contributed by atoms with van der Waals surface area (Å²) in [4.78, 5) is 12.3. The first kappa shape index (κ1) is 13.5. The van der Waals surface area contributed by atoms with E-state index in [0.29, 0.717) is 22.3 Å². The molecule has 4 heteroatoms. The van der Waals surface area contributed by atoms with Crippen molar-refractivity contribution in [3.63, 3.8) is 0 Å². The molecule has 106 valence electrons.